The Bertz CT molecular complexity index is 3220. The maximum atomic E-state index is 6.40. The van der Waals surface area contributed by atoms with Crippen LogP contribution in [0.3, 0.4) is 0 Å². The van der Waals surface area contributed by atoms with E-state index in [1.165, 1.54) is 65.7 Å². The monoisotopic (exact) mass is 713 g/mol. The first-order valence-electron chi connectivity index (χ1n) is 19.2. The number of fused-ring (bicyclic) bond motifs is 8. The number of rotatable bonds is 6. The second kappa shape index (κ2) is 13.2. The molecule has 11 rings (SSSR count). The van der Waals surface area contributed by atoms with Crippen LogP contribution in [0.15, 0.2) is 217 Å². The summed E-state index contributed by atoms with van der Waals surface area (Å²) in [7, 11) is 0. The minimum absolute atomic E-state index is 0.911. The zero-order valence-electron chi connectivity index (χ0n) is 30.6. The van der Waals surface area contributed by atoms with Crippen LogP contribution in [0, 0.1) is 0 Å². The third-order valence-electron chi connectivity index (χ3n) is 11.2. The van der Waals surface area contributed by atoms with Gasteiger partial charge >= 0.3 is 0 Å². The molecule has 0 saturated heterocycles. The molecule has 10 aromatic carbocycles. The Labute approximate surface area is 325 Å². The summed E-state index contributed by atoms with van der Waals surface area (Å²) in [6, 6.07) is 76.4. The largest absolute Gasteiger partial charge is 0.456 e. The normalized spacial score (nSPS) is 11.6. The van der Waals surface area contributed by atoms with Crippen LogP contribution in [0.4, 0.5) is 17.1 Å². The molecule has 0 aliphatic rings. The van der Waals surface area contributed by atoms with Crippen LogP contribution in [-0.2, 0) is 0 Å². The highest BCUT2D eigenvalue weighted by Crippen LogP contribution is 2.43. The summed E-state index contributed by atoms with van der Waals surface area (Å²) in [5.74, 6) is 0. The first kappa shape index (κ1) is 32.0. The molecule has 0 N–H and O–H groups in total. The molecule has 0 unspecified atom stereocenters. The number of furan rings is 1. The molecule has 0 radical (unpaired) electrons. The Morgan fingerprint density at radius 2 is 0.821 bits per heavy atom. The molecule has 0 spiro atoms. The van der Waals surface area contributed by atoms with Crippen molar-refractivity contribution in [2.45, 2.75) is 0 Å². The summed E-state index contributed by atoms with van der Waals surface area (Å²) in [5, 5.41) is 9.79. The highest BCUT2D eigenvalue weighted by Gasteiger charge is 2.17. The average Bonchev–Trinajstić information content (AvgIpc) is 3.66. The molecular formula is C54H35NO. The molecule has 2 heteroatoms. The van der Waals surface area contributed by atoms with Crippen molar-refractivity contribution in [1.29, 1.82) is 0 Å². The van der Waals surface area contributed by atoms with Gasteiger partial charge in [0.05, 0.1) is 0 Å². The summed E-state index contributed by atoms with van der Waals surface area (Å²) in [4.78, 5) is 2.33. The van der Waals surface area contributed by atoms with Gasteiger partial charge in [0, 0.05) is 27.8 Å². The summed E-state index contributed by atoms with van der Waals surface area (Å²) < 4.78 is 6.40. The van der Waals surface area contributed by atoms with Gasteiger partial charge in [-0.3, -0.25) is 0 Å². The molecule has 0 bridgehead atoms. The highest BCUT2D eigenvalue weighted by atomic mass is 16.3. The molecule has 2 nitrogen and oxygen atoms in total. The molecule has 56 heavy (non-hydrogen) atoms. The molecule has 1 aromatic heterocycles. The molecule has 11 aromatic rings. The molecule has 0 atom stereocenters. The Hall–Kier alpha value is -7.42. The van der Waals surface area contributed by atoms with Crippen molar-refractivity contribution in [3.05, 3.63) is 212 Å². The van der Waals surface area contributed by atoms with E-state index in [4.69, 9.17) is 4.42 Å². The lowest BCUT2D eigenvalue weighted by Gasteiger charge is -2.26. The van der Waals surface area contributed by atoms with Gasteiger partial charge < -0.3 is 9.32 Å². The van der Waals surface area contributed by atoms with E-state index in [2.05, 4.69) is 211 Å². The van der Waals surface area contributed by atoms with E-state index in [9.17, 15) is 0 Å². The zero-order chi connectivity index (χ0) is 37.0. The van der Waals surface area contributed by atoms with E-state index in [1.807, 2.05) is 6.07 Å². The average molecular weight is 714 g/mol. The Balaban J connectivity index is 0.995. The van der Waals surface area contributed by atoms with Crippen LogP contribution < -0.4 is 4.90 Å². The lowest BCUT2D eigenvalue weighted by molar-refractivity contribution is 0.669. The number of hydrogen-bond donors (Lipinski definition) is 0. The minimum Gasteiger partial charge on any atom is -0.456 e. The van der Waals surface area contributed by atoms with E-state index >= 15 is 0 Å². The van der Waals surface area contributed by atoms with Crippen molar-refractivity contribution in [3.63, 3.8) is 0 Å². The Morgan fingerprint density at radius 1 is 0.286 bits per heavy atom. The lowest BCUT2D eigenvalue weighted by atomic mass is 9.92. The van der Waals surface area contributed by atoms with E-state index in [0.717, 1.165) is 39.0 Å². The van der Waals surface area contributed by atoms with E-state index in [0.29, 0.717) is 0 Å². The van der Waals surface area contributed by atoms with E-state index < -0.39 is 0 Å². The predicted molar refractivity (Wildman–Crippen MR) is 237 cm³/mol. The maximum absolute atomic E-state index is 6.40. The third-order valence-corrected chi connectivity index (χ3v) is 11.2. The van der Waals surface area contributed by atoms with E-state index in [-0.39, 0.29) is 0 Å². The van der Waals surface area contributed by atoms with Crippen LogP contribution >= 0.6 is 0 Å². The Kier molecular flexibility index (Phi) is 7.53. The third kappa shape index (κ3) is 5.34. The van der Waals surface area contributed by atoms with Gasteiger partial charge in [-0.25, -0.2) is 0 Å². The topological polar surface area (TPSA) is 16.4 Å². The second-order valence-corrected chi connectivity index (χ2v) is 14.5. The quantitative estimate of drug-likeness (QED) is 0.160. The van der Waals surface area contributed by atoms with Gasteiger partial charge in [-0.05, 0) is 126 Å². The Morgan fingerprint density at radius 3 is 1.57 bits per heavy atom. The highest BCUT2D eigenvalue weighted by molar-refractivity contribution is 6.22. The number of nitrogens with zero attached hydrogens (tertiary/aromatic N) is 1. The van der Waals surface area contributed by atoms with Crippen molar-refractivity contribution in [1.82, 2.24) is 0 Å². The van der Waals surface area contributed by atoms with Gasteiger partial charge in [-0.15, -0.1) is 0 Å². The summed E-state index contributed by atoms with van der Waals surface area (Å²) in [5.41, 5.74) is 12.3. The van der Waals surface area contributed by atoms with Crippen molar-refractivity contribution in [3.8, 4) is 33.4 Å². The molecular weight excluding hydrogens is 679 g/mol. The fourth-order valence-corrected chi connectivity index (χ4v) is 8.58. The molecule has 262 valence electrons. The van der Waals surface area contributed by atoms with Crippen molar-refractivity contribution in [2.24, 2.45) is 0 Å². The molecule has 0 saturated carbocycles. The van der Waals surface area contributed by atoms with Gasteiger partial charge in [0.15, 0.2) is 0 Å². The predicted octanol–water partition coefficient (Wildman–Crippen LogP) is 15.5. The lowest BCUT2D eigenvalue weighted by Crippen LogP contribution is -2.09. The minimum atomic E-state index is 0.911. The van der Waals surface area contributed by atoms with Gasteiger partial charge in [0.2, 0.25) is 0 Å². The van der Waals surface area contributed by atoms with Gasteiger partial charge in [-0.2, -0.15) is 0 Å². The summed E-state index contributed by atoms with van der Waals surface area (Å²) in [6.45, 7) is 0. The fraction of sp³-hybridized carbons (Fsp3) is 0. The zero-order valence-corrected chi connectivity index (χ0v) is 30.6. The molecule has 0 aliphatic carbocycles. The maximum Gasteiger partial charge on any atom is 0.136 e. The first-order chi connectivity index (χ1) is 27.8. The van der Waals surface area contributed by atoms with Crippen molar-refractivity contribution < 1.29 is 4.42 Å². The van der Waals surface area contributed by atoms with Crippen LogP contribution in [-0.4, -0.2) is 0 Å². The number of benzene rings is 10. The second-order valence-electron chi connectivity index (χ2n) is 14.5. The number of para-hydroxylation sites is 2. The first-order valence-corrected chi connectivity index (χ1v) is 19.2. The number of hydrogen-bond acceptors (Lipinski definition) is 2. The summed E-state index contributed by atoms with van der Waals surface area (Å²) >= 11 is 0. The van der Waals surface area contributed by atoms with Crippen molar-refractivity contribution >= 4 is 71.3 Å². The molecule has 1 heterocycles. The van der Waals surface area contributed by atoms with E-state index in [1.54, 1.807) is 0 Å². The molecule has 0 aliphatic heterocycles. The fourth-order valence-electron chi connectivity index (χ4n) is 8.58. The van der Waals surface area contributed by atoms with Gasteiger partial charge in [0.25, 0.3) is 0 Å². The van der Waals surface area contributed by atoms with Crippen LogP contribution in [0.2, 0.25) is 0 Å². The van der Waals surface area contributed by atoms with Gasteiger partial charge in [0.1, 0.15) is 11.2 Å². The number of anilines is 3. The van der Waals surface area contributed by atoms with Crippen molar-refractivity contribution in [2.75, 3.05) is 4.90 Å². The van der Waals surface area contributed by atoms with Crippen LogP contribution in [0.1, 0.15) is 0 Å². The van der Waals surface area contributed by atoms with Gasteiger partial charge in [-0.1, -0.05) is 152 Å². The standard InChI is InChI=1S/C54H35NO/c1-3-13-37(14-4-1)50-35-53-54(48-21-11-12-22-52(48)56-53)47-32-27-39(33-51(47)50)36-23-28-42(29-24-36)55(41-16-5-2-6-17-41)43-30-25-38(26-31-43)49-34-40-15-7-8-18-44(40)45-19-9-10-20-46(45)49/h1-35H. The molecule has 0 amide bonds. The van der Waals surface area contributed by atoms with Crippen LogP contribution in [0.5, 0.6) is 0 Å². The van der Waals surface area contributed by atoms with Crippen LogP contribution in [0.25, 0.3) is 87.6 Å². The summed E-state index contributed by atoms with van der Waals surface area (Å²) in [6.07, 6.45) is 0. The molecule has 0 fully saturated rings. The SMILES string of the molecule is c1ccc(-c2cc3oc4ccccc4c3c3ccc(-c4ccc(N(c5ccccc5)c5ccc(-c6cc7ccccc7c7ccccc67)cc5)cc4)cc23)cc1. The smallest absolute Gasteiger partial charge is 0.136 e.